The molecule has 0 aliphatic heterocycles. The van der Waals surface area contributed by atoms with Gasteiger partial charge in [-0.2, -0.15) is 0 Å². The second-order valence-electron chi connectivity index (χ2n) is 6.12. The van der Waals surface area contributed by atoms with Crippen LogP contribution in [0, 0.1) is 0 Å². The summed E-state index contributed by atoms with van der Waals surface area (Å²) in [5.41, 5.74) is 1.19. The third-order valence-electron chi connectivity index (χ3n) is 4.13. The van der Waals surface area contributed by atoms with E-state index in [1.54, 1.807) is 0 Å². The molecule has 4 heteroatoms. The molecule has 1 aromatic heterocycles. The van der Waals surface area contributed by atoms with Crippen LogP contribution in [0.3, 0.4) is 0 Å². The van der Waals surface area contributed by atoms with Crippen molar-refractivity contribution in [1.29, 1.82) is 0 Å². The van der Waals surface area contributed by atoms with Crippen LogP contribution in [-0.2, 0) is 11.3 Å². The van der Waals surface area contributed by atoms with Crippen molar-refractivity contribution in [2.45, 2.75) is 77.7 Å². The zero-order valence-electron chi connectivity index (χ0n) is 13.1. The maximum absolute atomic E-state index is 6.08. The molecule has 1 aliphatic carbocycles. The highest BCUT2D eigenvalue weighted by Crippen LogP contribution is 2.22. The van der Waals surface area contributed by atoms with Crippen LogP contribution in [0.15, 0.2) is 12.5 Å². The number of hydrogen-bond acceptors (Lipinski definition) is 3. The molecule has 0 saturated heterocycles. The Morgan fingerprint density at radius 2 is 2.10 bits per heavy atom. The highest BCUT2D eigenvalue weighted by molar-refractivity contribution is 4.98. The SMILES string of the molecule is CCCNC1CCC(OCc2cncn2C(C)C)CC1. The number of hydrogen-bond donors (Lipinski definition) is 1. The Kier molecular flexibility index (Phi) is 6.05. The molecule has 1 aromatic rings. The van der Waals surface area contributed by atoms with Gasteiger partial charge in [0.15, 0.2) is 0 Å². The minimum absolute atomic E-state index is 0.421. The van der Waals surface area contributed by atoms with E-state index in [-0.39, 0.29) is 0 Å². The van der Waals surface area contributed by atoms with E-state index < -0.39 is 0 Å². The molecule has 1 aliphatic rings. The van der Waals surface area contributed by atoms with Gasteiger partial charge in [0, 0.05) is 12.1 Å². The maximum atomic E-state index is 6.08. The van der Waals surface area contributed by atoms with Crippen molar-refractivity contribution >= 4 is 0 Å². The highest BCUT2D eigenvalue weighted by atomic mass is 16.5. The van der Waals surface area contributed by atoms with Crippen molar-refractivity contribution in [3.63, 3.8) is 0 Å². The molecule has 0 atom stereocenters. The van der Waals surface area contributed by atoms with Gasteiger partial charge in [-0.3, -0.25) is 0 Å². The van der Waals surface area contributed by atoms with Gasteiger partial charge in [0.05, 0.1) is 30.9 Å². The molecular weight excluding hydrogens is 250 g/mol. The third kappa shape index (κ3) is 4.32. The molecule has 1 heterocycles. The lowest BCUT2D eigenvalue weighted by molar-refractivity contribution is 0.00829. The second kappa shape index (κ2) is 7.79. The zero-order valence-corrected chi connectivity index (χ0v) is 13.1. The standard InChI is InChI=1S/C16H29N3O/c1-4-9-18-14-5-7-16(8-6-14)20-11-15-10-17-12-19(15)13(2)3/h10,12-14,16,18H,4-9,11H2,1-3H3. The molecule has 114 valence electrons. The van der Waals surface area contributed by atoms with E-state index in [2.05, 4.69) is 35.6 Å². The van der Waals surface area contributed by atoms with Crippen molar-refractivity contribution in [1.82, 2.24) is 14.9 Å². The van der Waals surface area contributed by atoms with E-state index in [4.69, 9.17) is 4.74 Å². The second-order valence-corrected chi connectivity index (χ2v) is 6.12. The number of nitrogens with zero attached hydrogens (tertiary/aromatic N) is 2. The molecule has 1 N–H and O–H groups in total. The molecule has 0 spiro atoms. The molecule has 0 aromatic carbocycles. The molecule has 0 unspecified atom stereocenters. The molecule has 20 heavy (non-hydrogen) atoms. The van der Waals surface area contributed by atoms with E-state index in [1.165, 1.54) is 37.8 Å². The first-order chi connectivity index (χ1) is 9.70. The predicted octanol–water partition coefficient (Wildman–Crippen LogP) is 3.29. The smallest absolute Gasteiger partial charge is 0.0951 e. The van der Waals surface area contributed by atoms with Crippen LogP contribution < -0.4 is 5.32 Å². The Morgan fingerprint density at radius 1 is 1.35 bits per heavy atom. The Labute approximate surface area is 122 Å². The summed E-state index contributed by atoms with van der Waals surface area (Å²) >= 11 is 0. The summed E-state index contributed by atoms with van der Waals surface area (Å²) in [6.07, 6.45) is 10.3. The van der Waals surface area contributed by atoms with Crippen LogP contribution in [0.25, 0.3) is 0 Å². The Morgan fingerprint density at radius 3 is 2.75 bits per heavy atom. The van der Waals surface area contributed by atoms with E-state index in [1.807, 2.05) is 12.5 Å². The Bertz CT molecular complexity index is 381. The predicted molar refractivity (Wildman–Crippen MR) is 81.7 cm³/mol. The molecule has 4 nitrogen and oxygen atoms in total. The first-order valence-electron chi connectivity index (χ1n) is 8.06. The lowest BCUT2D eigenvalue weighted by atomic mass is 9.93. The number of nitrogens with one attached hydrogen (secondary N) is 1. The van der Waals surface area contributed by atoms with Crippen molar-refractivity contribution in [3.8, 4) is 0 Å². The molecule has 2 rings (SSSR count). The number of aromatic nitrogens is 2. The van der Waals surface area contributed by atoms with Gasteiger partial charge in [-0.1, -0.05) is 6.92 Å². The molecule has 0 bridgehead atoms. The summed E-state index contributed by atoms with van der Waals surface area (Å²) in [7, 11) is 0. The van der Waals surface area contributed by atoms with Crippen molar-refractivity contribution in [3.05, 3.63) is 18.2 Å². The lowest BCUT2D eigenvalue weighted by Gasteiger charge is -2.29. The summed E-state index contributed by atoms with van der Waals surface area (Å²) in [5, 5.41) is 3.62. The minimum Gasteiger partial charge on any atom is -0.372 e. The van der Waals surface area contributed by atoms with Crippen LogP contribution in [-0.4, -0.2) is 28.2 Å². The molecule has 0 amide bonds. The summed E-state index contributed by atoms with van der Waals surface area (Å²) < 4.78 is 8.27. The largest absolute Gasteiger partial charge is 0.372 e. The molecule has 0 radical (unpaired) electrons. The summed E-state index contributed by atoms with van der Waals surface area (Å²) in [6, 6.07) is 1.15. The quantitative estimate of drug-likeness (QED) is 0.832. The monoisotopic (exact) mass is 279 g/mol. The van der Waals surface area contributed by atoms with Crippen LogP contribution in [0.5, 0.6) is 0 Å². The van der Waals surface area contributed by atoms with E-state index in [0.29, 0.717) is 24.8 Å². The van der Waals surface area contributed by atoms with Crippen molar-refractivity contribution in [2.75, 3.05) is 6.54 Å². The topological polar surface area (TPSA) is 39.1 Å². The average Bonchev–Trinajstić information content (AvgIpc) is 2.92. The first-order valence-corrected chi connectivity index (χ1v) is 8.06. The van der Waals surface area contributed by atoms with Crippen LogP contribution in [0.1, 0.15) is 64.6 Å². The van der Waals surface area contributed by atoms with E-state index >= 15 is 0 Å². The fraction of sp³-hybridized carbons (Fsp3) is 0.812. The fourth-order valence-electron chi connectivity index (χ4n) is 2.89. The lowest BCUT2D eigenvalue weighted by Crippen LogP contribution is -2.35. The molecular formula is C16H29N3O. The average molecular weight is 279 g/mol. The van der Waals surface area contributed by atoms with Gasteiger partial charge >= 0.3 is 0 Å². The van der Waals surface area contributed by atoms with Crippen LogP contribution >= 0.6 is 0 Å². The zero-order chi connectivity index (χ0) is 14.4. The van der Waals surface area contributed by atoms with Gasteiger partial charge in [0.1, 0.15) is 0 Å². The first kappa shape index (κ1) is 15.5. The molecule has 1 saturated carbocycles. The number of rotatable bonds is 7. The fourth-order valence-corrected chi connectivity index (χ4v) is 2.89. The van der Waals surface area contributed by atoms with Gasteiger partial charge in [-0.25, -0.2) is 4.98 Å². The van der Waals surface area contributed by atoms with Crippen LogP contribution in [0.4, 0.5) is 0 Å². The maximum Gasteiger partial charge on any atom is 0.0951 e. The summed E-state index contributed by atoms with van der Waals surface area (Å²) in [4.78, 5) is 4.23. The normalized spacial score (nSPS) is 23.4. The van der Waals surface area contributed by atoms with E-state index in [0.717, 1.165) is 6.54 Å². The highest BCUT2D eigenvalue weighted by Gasteiger charge is 2.21. The summed E-state index contributed by atoms with van der Waals surface area (Å²) in [5.74, 6) is 0. The van der Waals surface area contributed by atoms with Crippen molar-refractivity contribution < 1.29 is 4.74 Å². The Hall–Kier alpha value is -0.870. The van der Waals surface area contributed by atoms with Gasteiger partial charge in [-0.15, -0.1) is 0 Å². The molecule has 1 fully saturated rings. The summed E-state index contributed by atoms with van der Waals surface area (Å²) in [6.45, 7) is 8.41. The Balaban J connectivity index is 1.72. The minimum atomic E-state index is 0.421. The van der Waals surface area contributed by atoms with Gasteiger partial charge in [0.25, 0.3) is 0 Å². The van der Waals surface area contributed by atoms with Gasteiger partial charge < -0.3 is 14.6 Å². The third-order valence-corrected chi connectivity index (χ3v) is 4.13. The van der Waals surface area contributed by atoms with Crippen molar-refractivity contribution in [2.24, 2.45) is 0 Å². The van der Waals surface area contributed by atoms with E-state index in [9.17, 15) is 0 Å². The van der Waals surface area contributed by atoms with Gasteiger partial charge in [0.2, 0.25) is 0 Å². The van der Waals surface area contributed by atoms with Crippen LogP contribution in [0.2, 0.25) is 0 Å². The van der Waals surface area contributed by atoms with Gasteiger partial charge in [-0.05, 0) is 52.5 Å². The number of imidazole rings is 1. The number of ether oxygens (including phenoxy) is 1.